The summed E-state index contributed by atoms with van der Waals surface area (Å²) in [5.74, 6) is -0.748. The standard InChI is InChI=1S/C23H21N3O3S/c1-25(2)17-11-8-16(9-12-17)22(28)24-23-26(14-20(27)29-3)19-13-10-15-6-4-5-7-18(15)21(19)30-23/h4-13H,14H2,1-3H3. The fraction of sp³-hybridized carbons (Fsp3) is 0.174. The first-order valence-corrected chi connectivity index (χ1v) is 10.2. The Morgan fingerprint density at radius 2 is 1.77 bits per heavy atom. The molecule has 0 aliphatic heterocycles. The second kappa shape index (κ2) is 8.12. The van der Waals surface area contributed by atoms with Gasteiger partial charge in [0.2, 0.25) is 0 Å². The summed E-state index contributed by atoms with van der Waals surface area (Å²) in [6, 6.07) is 19.2. The van der Waals surface area contributed by atoms with Crippen molar-refractivity contribution in [2.45, 2.75) is 6.54 Å². The molecule has 0 saturated heterocycles. The molecule has 7 heteroatoms. The number of ether oxygens (including phenoxy) is 1. The average molecular weight is 420 g/mol. The van der Waals surface area contributed by atoms with E-state index in [1.165, 1.54) is 18.4 Å². The van der Waals surface area contributed by atoms with Crippen LogP contribution in [0.25, 0.3) is 21.0 Å². The number of amides is 1. The Hall–Kier alpha value is -3.45. The number of hydrogen-bond acceptors (Lipinski definition) is 5. The zero-order valence-corrected chi connectivity index (χ0v) is 17.8. The zero-order chi connectivity index (χ0) is 21.3. The molecule has 0 bridgehead atoms. The van der Waals surface area contributed by atoms with E-state index in [0.717, 1.165) is 26.7 Å². The van der Waals surface area contributed by atoms with Gasteiger partial charge in [-0.15, -0.1) is 0 Å². The van der Waals surface area contributed by atoms with Crippen molar-refractivity contribution in [3.8, 4) is 0 Å². The number of rotatable bonds is 4. The van der Waals surface area contributed by atoms with E-state index in [0.29, 0.717) is 10.4 Å². The minimum atomic E-state index is -0.396. The molecule has 1 amide bonds. The van der Waals surface area contributed by atoms with E-state index in [1.54, 1.807) is 16.7 Å². The Balaban J connectivity index is 1.87. The summed E-state index contributed by atoms with van der Waals surface area (Å²) in [6.07, 6.45) is 0. The van der Waals surface area contributed by atoms with E-state index in [1.807, 2.05) is 67.5 Å². The monoisotopic (exact) mass is 419 g/mol. The van der Waals surface area contributed by atoms with Crippen LogP contribution in [-0.2, 0) is 16.1 Å². The van der Waals surface area contributed by atoms with Gasteiger partial charge in [-0.3, -0.25) is 9.59 Å². The Bertz CT molecular complexity index is 1320. The van der Waals surface area contributed by atoms with Gasteiger partial charge in [-0.05, 0) is 35.7 Å². The first-order valence-electron chi connectivity index (χ1n) is 9.42. The van der Waals surface area contributed by atoms with E-state index >= 15 is 0 Å². The highest BCUT2D eigenvalue weighted by Gasteiger charge is 2.14. The molecule has 4 rings (SSSR count). The van der Waals surface area contributed by atoms with Crippen LogP contribution in [-0.4, -0.2) is 37.6 Å². The lowest BCUT2D eigenvalue weighted by Gasteiger charge is -2.11. The highest BCUT2D eigenvalue weighted by molar-refractivity contribution is 7.17. The van der Waals surface area contributed by atoms with Gasteiger partial charge in [0.05, 0.1) is 17.3 Å². The Labute approximate surface area is 177 Å². The van der Waals surface area contributed by atoms with E-state index < -0.39 is 5.97 Å². The van der Waals surface area contributed by atoms with E-state index in [4.69, 9.17) is 4.74 Å². The highest BCUT2D eigenvalue weighted by atomic mass is 32.1. The Morgan fingerprint density at radius 1 is 1.03 bits per heavy atom. The second-order valence-corrected chi connectivity index (χ2v) is 8.02. The number of carbonyl (C=O) groups is 2. The number of anilines is 1. The van der Waals surface area contributed by atoms with Crippen LogP contribution in [0.4, 0.5) is 5.69 Å². The van der Waals surface area contributed by atoms with Crippen LogP contribution in [0.3, 0.4) is 0 Å². The van der Waals surface area contributed by atoms with Gasteiger partial charge < -0.3 is 14.2 Å². The van der Waals surface area contributed by atoms with Crippen LogP contribution >= 0.6 is 11.3 Å². The number of fused-ring (bicyclic) bond motifs is 3. The Kier molecular flexibility index (Phi) is 5.37. The quantitative estimate of drug-likeness (QED) is 0.472. The molecule has 152 valence electrons. The molecule has 0 fully saturated rings. The molecule has 0 radical (unpaired) electrons. The summed E-state index contributed by atoms with van der Waals surface area (Å²) < 4.78 is 7.57. The first-order chi connectivity index (χ1) is 14.5. The van der Waals surface area contributed by atoms with Crippen LogP contribution in [0.5, 0.6) is 0 Å². The summed E-state index contributed by atoms with van der Waals surface area (Å²) in [4.78, 5) is 31.7. The maximum absolute atomic E-state index is 12.8. The van der Waals surface area contributed by atoms with Gasteiger partial charge in [-0.1, -0.05) is 41.7 Å². The second-order valence-electron chi connectivity index (χ2n) is 7.04. The maximum atomic E-state index is 12.8. The smallest absolute Gasteiger partial charge is 0.325 e. The van der Waals surface area contributed by atoms with Crippen molar-refractivity contribution in [1.29, 1.82) is 0 Å². The van der Waals surface area contributed by atoms with Gasteiger partial charge in [-0.2, -0.15) is 4.99 Å². The average Bonchev–Trinajstić information content (AvgIpc) is 3.11. The number of nitrogens with zero attached hydrogens (tertiary/aromatic N) is 3. The molecule has 6 nitrogen and oxygen atoms in total. The van der Waals surface area contributed by atoms with Crippen molar-refractivity contribution >= 4 is 49.9 Å². The molecule has 0 N–H and O–H groups in total. The molecule has 4 aromatic rings. The van der Waals surface area contributed by atoms with E-state index in [-0.39, 0.29) is 12.5 Å². The summed E-state index contributed by atoms with van der Waals surface area (Å²) in [6.45, 7) is -0.0134. The summed E-state index contributed by atoms with van der Waals surface area (Å²) in [7, 11) is 5.23. The van der Waals surface area contributed by atoms with Gasteiger partial charge in [0.1, 0.15) is 6.54 Å². The van der Waals surface area contributed by atoms with Crippen molar-refractivity contribution in [2.24, 2.45) is 4.99 Å². The minimum absolute atomic E-state index is 0.0134. The molecule has 0 aliphatic carbocycles. The lowest BCUT2D eigenvalue weighted by Crippen LogP contribution is -2.22. The van der Waals surface area contributed by atoms with Gasteiger partial charge >= 0.3 is 5.97 Å². The topological polar surface area (TPSA) is 63.9 Å². The molecular formula is C23H21N3O3S. The molecular weight excluding hydrogens is 398 g/mol. The summed E-state index contributed by atoms with van der Waals surface area (Å²) in [5.41, 5.74) is 2.34. The molecule has 30 heavy (non-hydrogen) atoms. The van der Waals surface area contributed by atoms with Gasteiger partial charge in [0.25, 0.3) is 5.91 Å². The predicted octanol–water partition coefficient (Wildman–Crippen LogP) is 3.84. The number of thiazole rings is 1. The molecule has 0 atom stereocenters. The summed E-state index contributed by atoms with van der Waals surface area (Å²) in [5, 5.41) is 2.15. The third-order valence-corrected chi connectivity index (χ3v) is 6.04. The first kappa shape index (κ1) is 19.8. The highest BCUT2D eigenvalue weighted by Crippen LogP contribution is 2.27. The molecule has 0 spiro atoms. The van der Waals surface area contributed by atoms with Crippen LogP contribution < -0.4 is 9.70 Å². The fourth-order valence-corrected chi connectivity index (χ4v) is 4.45. The number of methoxy groups -OCH3 is 1. The molecule has 1 aromatic heterocycles. The molecule has 0 saturated carbocycles. The lowest BCUT2D eigenvalue weighted by molar-refractivity contribution is -0.141. The number of esters is 1. The van der Waals surface area contributed by atoms with Gasteiger partial charge in [0.15, 0.2) is 4.80 Å². The largest absolute Gasteiger partial charge is 0.468 e. The van der Waals surface area contributed by atoms with Crippen LogP contribution in [0.1, 0.15) is 10.4 Å². The maximum Gasteiger partial charge on any atom is 0.325 e. The number of carbonyl (C=O) groups excluding carboxylic acids is 2. The van der Waals surface area contributed by atoms with Crippen molar-refractivity contribution in [2.75, 3.05) is 26.1 Å². The van der Waals surface area contributed by atoms with Crippen LogP contribution in [0.2, 0.25) is 0 Å². The van der Waals surface area contributed by atoms with E-state index in [9.17, 15) is 9.59 Å². The van der Waals surface area contributed by atoms with Crippen molar-refractivity contribution in [1.82, 2.24) is 4.57 Å². The van der Waals surface area contributed by atoms with Gasteiger partial charge in [0, 0.05) is 30.7 Å². The normalized spacial score (nSPS) is 11.8. The fourth-order valence-electron chi connectivity index (χ4n) is 3.28. The third kappa shape index (κ3) is 3.71. The van der Waals surface area contributed by atoms with Crippen LogP contribution in [0.15, 0.2) is 65.7 Å². The number of benzene rings is 3. The zero-order valence-electron chi connectivity index (χ0n) is 17.0. The predicted molar refractivity (Wildman–Crippen MR) is 120 cm³/mol. The van der Waals surface area contributed by atoms with Crippen molar-refractivity contribution in [3.63, 3.8) is 0 Å². The SMILES string of the molecule is COC(=O)Cn1c(=NC(=O)c2ccc(N(C)C)cc2)sc2c3ccccc3ccc21. The molecule has 0 aliphatic rings. The number of aromatic nitrogens is 1. The van der Waals surface area contributed by atoms with Crippen molar-refractivity contribution < 1.29 is 14.3 Å². The van der Waals surface area contributed by atoms with Crippen molar-refractivity contribution in [3.05, 3.63) is 71.0 Å². The Morgan fingerprint density at radius 3 is 2.47 bits per heavy atom. The van der Waals surface area contributed by atoms with Gasteiger partial charge in [-0.25, -0.2) is 0 Å². The third-order valence-electron chi connectivity index (χ3n) is 4.92. The molecule has 1 heterocycles. The molecule has 3 aromatic carbocycles. The summed E-state index contributed by atoms with van der Waals surface area (Å²) >= 11 is 1.40. The number of hydrogen-bond donors (Lipinski definition) is 0. The van der Waals surface area contributed by atoms with E-state index in [2.05, 4.69) is 4.99 Å². The molecule has 0 unspecified atom stereocenters. The van der Waals surface area contributed by atoms with Crippen LogP contribution in [0, 0.1) is 0 Å². The lowest BCUT2D eigenvalue weighted by atomic mass is 10.1. The minimum Gasteiger partial charge on any atom is -0.468 e.